The molecule has 0 bridgehead atoms. The number of carbonyl (C=O) groups is 2. The van der Waals surface area contributed by atoms with E-state index in [4.69, 9.17) is 4.74 Å². The fraction of sp³-hybridized carbons (Fsp3) is 0.429. The van der Waals surface area contributed by atoms with Crippen molar-refractivity contribution in [3.8, 4) is 0 Å². The van der Waals surface area contributed by atoms with E-state index in [0.29, 0.717) is 13.1 Å². The Bertz CT molecular complexity index is 453. The van der Waals surface area contributed by atoms with Gasteiger partial charge in [0.25, 0.3) is 0 Å². The van der Waals surface area contributed by atoms with Crippen LogP contribution in [0.1, 0.15) is 19.4 Å². The van der Waals surface area contributed by atoms with Crippen LogP contribution in [0, 0.1) is 0 Å². The lowest BCUT2D eigenvalue weighted by Crippen LogP contribution is -2.62. The molecule has 1 atom stereocenters. The molecule has 0 N–H and O–H groups in total. The first-order valence-corrected chi connectivity index (χ1v) is 6.19. The zero-order valence-electron chi connectivity index (χ0n) is 10.7. The molecule has 0 radical (unpaired) electrons. The van der Waals surface area contributed by atoms with Gasteiger partial charge in [0.1, 0.15) is 6.61 Å². The smallest absolute Gasteiger partial charge is 0.329 e. The van der Waals surface area contributed by atoms with Crippen LogP contribution in [-0.4, -0.2) is 36.5 Å². The van der Waals surface area contributed by atoms with Gasteiger partial charge in [0.15, 0.2) is 0 Å². The van der Waals surface area contributed by atoms with Gasteiger partial charge in [-0.05, 0) is 19.4 Å². The first-order chi connectivity index (χ1) is 8.66. The molecule has 96 valence electrons. The molecule has 0 spiro atoms. The monoisotopic (exact) mass is 247 g/mol. The number of esters is 1. The molecule has 1 aliphatic heterocycles. The maximum absolute atomic E-state index is 12.5. The van der Waals surface area contributed by atoms with Crippen molar-refractivity contribution in [3.05, 3.63) is 35.9 Å². The third-order valence-corrected chi connectivity index (χ3v) is 3.45. The average Bonchev–Trinajstić information content (AvgIpc) is 2.40. The summed E-state index contributed by atoms with van der Waals surface area (Å²) in [5.41, 5.74) is -0.397. The number of carbonyl (C=O) groups excluding carboxylic acids is 2. The molecule has 1 aromatic rings. The molecule has 0 aliphatic carbocycles. The van der Waals surface area contributed by atoms with Crippen molar-refractivity contribution in [2.75, 3.05) is 19.7 Å². The quantitative estimate of drug-likeness (QED) is 0.596. The van der Waals surface area contributed by atoms with Crippen LogP contribution in [0.3, 0.4) is 0 Å². The maximum Gasteiger partial charge on any atom is 0.329 e. The van der Waals surface area contributed by atoms with Gasteiger partial charge in [-0.25, -0.2) is 0 Å². The zero-order chi connectivity index (χ0) is 13.2. The van der Waals surface area contributed by atoms with Gasteiger partial charge in [-0.2, -0.15) is 0 Å². The Hall–Kier alpha value is -1.84. The summed E-state index contributed by atoms with van der Waals surface area (Å²) in [7, 11) is 0. The Morgan fingerprint density at radius 3 is 2.28 bits per heavy atom. The number of hydrogen-bond acceptors (Lipinski definition) is 3. The lowest BCUT2D eigenvalue weighted by molar-refractivity contribution is -0.181. The lowest BCUT2D eigenvalue weighted by atomic mass is 9.76. The van der Waals surface area contributed by atoms with Gasteiger partial charge in [-0.3, -0.25) is 9.59 Å². The molecule has 1 fully saturated rings. The third kappa shape index (κ3) is 1.68. The van der Waals surface area contributed by atoms with E-state index in [2.05, 4.69) is 0 Å². The zero-order valence-corrected chi connectivity index (χ0v) is 10.7. The van der Waals surface area contributed by atoms with Gasteiger partial charge in [-0.1, -0.05) is 30.3 Å². The number of rotatable bonds is 4. The van der Waals surface area contributed by atoms with Gasteiger partial charge >= 0.3 is 5.97 Å². The lowest BCUT2D eigenvalue weighted by Gasteiger charge is -2.40. The highest BCUT2D eigenvalue weighted by molar-refractivity contribution is 6.12. The van der Waals surface area contributed by atoms with E-state index in [1.54, 1.807) is 4.90 Å². The summed E-state index contributed by atoms with van der Waals surface area (Å²) in [6.07, 6.45) is 0. The number of cyclic esters (lactones) is 1. The Morgan fingerprint density at radius 1 is 1.28 bits per heavy atom. The number of likely N-dealkylation sites (N-methyl/N-ethyl adjacent to an activating group) is 1. The molecule has 2 rings (SSSR count). The van der Waals surface area contributed by atoms with Crippen molar-refractivity contribution in [3.63, 3.8) is 0 Å². The normalized spacial score (nSPS) is 22.0. The summed E-state index contributed by atoms with van der Waals surface area (Å²) in [6.45, 7) is 5.15. The molecule has 4 heteroatoms. The molecule has 0 saturated carbocycles. The van der Waals surface area contributed by atoms with Crippen molar-refractivity contribution in [1.29, 1.82) is 0 Å². The fourth-order valence-corrected chi connectivity index (χ4v) is 2.25. The van der Waals surface area contributed by atoms with E-state index in [1.807, 2.05) is 44.2 Å². The highest BCUT2D eigenvalue weighted by Crippen LogP contribution is 2.35. The highest BCUT2D eigenvalue weighted by Gasteiger charge is 2.58. The number of benzene rings is 1. The van der Waals surface area contributed by atoms with Gasteiger partial charge in [-0.15, -0.1) is 0 Å². The molecule has 1 amide bonds. The van der Waals surface area contributed by atoms with Crippen molar-refractivity contribution in [1.82, 2.24) is 4.90 Å². The average molecular weight is 247 g/mol. The summed E-state index contributed by atoms with van der Waals surface area (Å²) in [5.74, 6) is -0.597. The van der Waals surface area contributed by atoms with Gasteiger partial charge in [0.2, 0.25) is 11.3 Å². The standard InChI is InChI=1S/C14H17NO3/c1-3-15(4-2)12(16)14(10-18-13(14)17)11-8-6-5-7-9-11/h5-9H,3-4,10H2,1-2H3. The van der Waals surface area contributed by atoms with Crippen molar-refractivity contribution >= 4 is 11.9 Å². The van der Waals surface area contributed by atoms with Crippen LogP contribution in [0.15, 0.2) is 30.3 Å². The molecule has 1 heterocycles. The van der Waals surface area contributed by atoms with Crippen molar-refractivity contribution in [2.24, 2.45) is 0 Å². The number of nitrogens with zero attached hydrogens (tertiary/aromatic N) is 1. The minimum Gasteiger partial charge on any atom is -0.462 e. The summed E-state index contributed by atoms with van der Waals surface area (Å²) in [5, 5.41) is 0. The van der Waals surface area contributed by atoms with Crippen molar-refractivity contribution in [2.45, 2.75) is 19.3 Å². The molecule has 1 saturated heterocycles. The van der Waals surface area contributed by atoms with Crippen LogP contribution in [0.25, 0.3) is 0 Å². The van der Waals surface area contributed by atoms with Crippen LogP contribution in [0.4, 0.5) is 0 Å². The third-order valence-electron chi connectivity index (χ3n) is 3.45. The first-order valence-electron chi connectivity index (χ1n) is 6.19. The minimum absolute atomic E-state index is 0.144. The summed E-state index contributed by atoms with van der Waals surface area (Å²) >= 11 is 0. The molecular formula is C14H17NO3. The number of amides is 1. The van der Waals surface area contributed by atoms with E-state index >= 15 is 0 Å². The van der Waals surface area contributed by atoms with Gasteiger partial charge in [0.05, 0.1) is 0 Å². The Morgan fingerprint density at radius 2 is 1.89 bits per heavy atom. The maximum atomic E-state index is 12.5. The fourth-order valence-electron chi connectivity index (χ4n) is 2.25. The van der Waals surface area contributed by atoms with Crippen molar-refractivity contribution < 1.29 is 14.3 Å². The molecule has 4 nitrogen and oxygen atoms in total. The van der Waals surface area contributed by atoms with Crippen LogP contribution < -0.4 is 0 Å². The predicted octanol–water partition coefficient (Wildman–Crippen LogP) is 1.35. The van der Waals surface area contributed by atoms with Crippen LogP contribution >= 0.6 is 0 Å². The predicted molar refractivity (Wildman–Crippen MR) is 67.0 cm³/mol. The van der Waals surface area contributed by atoms with Crippen LogP contribution in [0.2, 0.25) is 0 Å². The second kappa shape index (κ2) is 4.80. The molecule has 1 aliphatic rings. The molecule has 1 unspecified atom stereocenters. The summed E-state index contributed by atoms with van der Waals surface area (Å²) in [6, 6.07) is 9.14. The SMILES string of the molecule is CCN(CC)C(=O)C1(c2ccccc2)COC1=O. The van der Waals surface area contributed by atoms with Gasteiger partial charge in [0, 0.05) is 13.1 Å². The van der Waals surface area contributed by atoms with E-state index in [-0.39, 0.29) is 12.5 Å². The minimum atomic E-state index is -1.12. The molecule has 0 aromatic heterocycles. The van der Waals surface area contributed by atoms with E-state index in [1.165, 1.54) is 0 Å². The molecular weight excluding hydrogens is 230 g/mol. The van der Waals surface area contributed by atoms with E-state index in [0.717, 1.165) is 5.56 Å². The number of hydrogen-bond donors (Lipinski definition) is 0. The summed E-state index contributed by atoms with van der Waals surface area (Å²) < 4.78 is 4.87. The summed E-state index contributed by atoms with van der Waals surface area (Å²) in [4.78, 5) is 26.1. The molecule has 1 aromatic carbocycles. The number of ether oxygens (including phenoxy) is 1. The van der Waals surface area contributed by atoms with Crippen LogP contribution in [-0.2, 0) is 19.7 Å². The molecule has 18 heavy (non-hydrogen) atoms. The second-order valence-electron chi connectivity index (χ2n) is 4.32. The Balaban J connectivity index is 2.40. The van der Waals surface area contributed by atoms with E-state index in [9.17, 15) is 9.59 Å². The Kier molecular flexibility index (Phi) is 3.36. The van der Waals surface area contributed by atoms with Gasteiger partial charge < -0.3 is 9.64 Å². The van der Waals surface area contributed by atoms with E-state index < -0.39 is 11.4 Å². The van der Waals surface area contributed by atoms with Crippen LogP contribution in [0.5, 0.6) is 0 Å². The highest BCUT2D eigenvalue weighted by atomic mass is 16.6. The first kappa shape index (κ1) is 12.6. The topological polar surface area (TPSA) is 46.6 Å². The largest absolute Gasteiger partial charge is 0.462 e. The Labute approximate surface area is 107 Å². The second-order valence-corrected chi connectivity index (χ2v) is 4.32.